The maximum absolute atomic E-state index is 4.46. The summed E-state index contributed by atoms with van der Waals surface area (Å²) in [5.74, 6) is 2.05. The van der Waals surface area contributed by atoms with E-state index in [-0.39, 0.29) is 0 Å². The Morgan fingerprint density at radius 3 is 2.48 bits per heavy atom. The van der Waals surface area contributed by atoms with Gasteiger partial charge in [0.05, 0.1) is 0 Å². The van der Waals surface area contributed by atoms with E-state index in [1.54, 1.807) is 0 Å². The van der Waals surface area contributed by atoms with Crippen molar-refractivity contribution < 1.29 is 0 Å². The molecule has 128 valence electrons. The lowest BCUT2D eigenvalue weighted by atomic mass is 10.1. The van der Waals surface area contributed by atoms with Crippen LogP contribution in [0.3, 0.4) is 0 Å². The Morgan fingerprint density at radius 1 is 0.840 bits per heavy atom. The maximum atomic E-state index is 4.46. The van der Waals surface area contributed by atoms with Crippen LogP contribution < -0.4 is 9.80 Å². The molecule has 2 aliphatic heterocycles. The SMILES string of the molecule is c1ccc(N2CCN(C3CN(c4nnc5ccccn45)C3)CC2)nc1. The van der Waals surface area contributed by atoms with Crippen LogP contribution in [0, 0.1) is 0 Å². The molecule has 25 heavy (non-hydrogen) atoms. The maximum Gasteiger partial charge on any atom is 0.231 e. The molecule has 0 atom stereocenters. The molecule has 0 spiro atoms. The predicted octanol–water partition coefficient (Wildman–Crippen LogP) is 1.14. The summed E-state index contributed by atoms with van der Waals surface area (Å²) in [6.07, 6.45) is 3.90. The first-order valence-corrected chi connectivity index (χ1v) is 8.83. The number of anilines is 2. The number of hydrogen-bond donors (Lipinski definition) is 0. The van der Waals surface area contributed by atoms with Crippen molar-refractivity contribution in [3.8, 4) is 0 Å². The highest BCUT2D eigenvalue weighted by Gasteiger charge is 2.35. The van der Waals surface area contributed by atoms with E-state index in [1.165, 1.54) is 0 Å². The number of fused-ring (bicyclic) bond motifs is 1. The predicted molar refractivity (Wildman–Crippen MR) is 97.0 cm³/mol. The monoisotopic (exact) mass is 335 g/mol. The second-order valence-electron chi connectivity index (χ2n) is 6.70. The normalized spacial score (nSPS) is 19.4. The first-order chi connectivity index (χ1) is 12.4. The summed E-state index contributed by atoms with van der Waals surface area (Å²) < 4.78 is 2.06. The van der Waals surface area contributed by atoms with Crippen LogP contribution in [0.4, 0.5) is 11.8 Å². The molecule has 0 saturated carbocycles. The standard InChI is InChI=1S/C18H21N7/c1-3-7-19-16(5-1)23-11-9-22(10-12-23)15-13-24(14-15)18-21-20-17-6-2-4-8-25(17)18/h1-8,15H,9-14H2. The molecule has 3 aromatic rings. The lowest BCUT2D eigenvalue weighted by Crippen LogP contribution is -2.63. The van der Waals surface area contributed by atoms with Gasteiger partial charge < -0.3 is 9.80 Å². The fourth-order valence-corrected chi connectivity index (χ4v) is 3.75. The molecule has 0 bridgehead atoms. The lowest BCUT2D eigenvalue weighted by Gasteiger charge is -2.48. The van der Waals surface area contributed by atoms with Crippen LogP contribution in [0.1, 0.15) is 0 Å². The minimum Gasteiger partial charge on any atom is -0.354 e. The van der Waals surface area contributed by atoms with Crippen LogP contribution in [-0.4, -0.2) is 69.8 Å². The van der Waals surface area contributed by atoms with Crippen molar-refractivity contribution in [2.24, 2.45) is 0 Å². The number of piperazine rings is 1. The highest BCUT2D eigenvalue weighted by Crippen LogP contribution is 2.24. The molecule has 5 heterocycles. The van der Waals surface area contributed by atoms with E-state index in [0.717, 1.165) is 56.7 Å². The molecule has 2 saturated heterocycles. The molecule has 2 fully saturated rings. The summed E-state index contributed by atoms with van der Waals surface area (Å²) >= 11 is 0. The summed E-state index contributed by atoms with van der Waals surface area (Å²) in [5, 5.41) is 8.60. The third kappa shape index (κ3) is 2.60. The number of nitrogens with zero attached hydrogens (tertiary/aromatic N) is 7. The zero-order valence-corrected chi connectivity index (χ0v) is 14.1. The van der Waals surface area contributed by atoms with Crippen molar-refractivity contribution in [3.05, 3.63) is 48.8 Å². The topological polar surface area (TPSA) is 52.8 Å². The van der Waals surface area contributed by atoms with E-state index in [9.17, 15) is 0 Å². The van der Waals surface area contributed by atoms with Crippen molar-refractivity contribution in [2.45, 2.75) is 6.04 Å². The van der Waals surface area contributed by atoms with Gasteiger partial charge in [0.2, 0.25) is 5.95 Å². The molecule has 0 unspecified atom stereocenters. The third-order valence-electron chi connectivity index (χ3n) is 5.24. The average molecular weight is 335 g/mol. The minimum atomic E-state index is 0.613. The number of rotatable bonds is 3. The molecule has 7 heteroatoms. The van der Waals surface area contributed by atoms with Gasteiger partial charge in [0, 0.05) is 57.7 Å². The van der Waals surface area contributed by atoms with Crippen LogP contribution in [0.2, 0.25) is 0 Å². The number of hydrogen-bond acceptors (Lipinski definition) is 6. The Morgan fingerprint density at radius 2 is 1.68 bits per heavy atom. The molecule has 0 aliphatic carbocycles. The lowest BCUT2D eigenvalue weighted by molar-refractivity contribution is 0.156. The van der Waals surface area contributed by atoms with Crippen molar-refractivity contribution in [3.63, 3.8) is 0 Å². The summed E-state index contributed by atoms with van der Waals surface area (Å²) in [7, 11) is 0. The van der Waals surface area contributed by atoms with Crippen molar-refractivity contribution >= 4 is 17.4 Å². The fourth-order valence-electron chi connectivity index (χ4n) is 3.75. The van der Waals surface area contributed by atoms with Crippen LogP contribution >= 0.6 is 0 Å². The Labute approximate surface area is 146 Å². The van der Waals surface area contributed by atoms with E-state index in [2.05, 4.69) is 46.4 Å². The number of aromatic nitrogens is 4. The average Bonchev–Trinajstić information content (AvgIpc) is 3.06. The van der Waals surface area contributed by atoms with Gasteiger partial charge in [-0.05, 0) is 24.3 Å². The summed E-state index contributed by atoms with van der Waals surface area (Å²) in [6, 6.07) is 12.7. The smallest absolute Gasteiger partial charge is 0.231 e. The molecule has 0 radical (unpaired) electrons. The molecule has 0 N–H and O–H groups in total. The summed E-state index contributed by atoms with van der Waals surface area (Å²) in [5.41, 5.74) is 0.907. The highest BCUT2D eigenvalue weighted by atomic mass is 15.4. The zero-order valence-electron chi connectivity index (χ0n) is 14.1. The second-order valence-corrected chi connectivity index (χ2v) is 6.70. The van der Waals surface area contributed by atoms with Gasteiger partial charge in [-0.1, -0.05) is 12.1 Å². The minimum absolute atomic E-state index is 0.613. The van der Waals surface area contributed by atoms with Gasteiger partial charge in [-0.25, -0.2) is 4.98 Å². The Kier molecular flexibility index (Phi) is 3.52. The molecule has 0 amide bonds. The largest absolute Gasteiger partial charge is 0.354 e. The van der Waals surface area contributed by atoms with Crippen LogP contribution in [-0.2, 0) is 0 Å². The Bertz CT molecular complexity index is 848. The van der Waals surface area contributed by atoms with Crippen molar-refractivity contribution in [1.29, 1.82) is 0 Å². The number of pyridine rings is 2. The third-order valence-corrected chi connectivity index (χ3v) is 5.24. The quantitative estimate of drug-likeness (QED) is 0.715. The van der Waals surface area contributed by atoms with Crippen LogP contribution in [0.15, 0.2) is 48.8 Å². The molecule has 3 aromatic heterocycles. The van der Waals surface area contributed by atoms with E-state index < -0.39 is 0 Å². The summed E-state index contributed by atoms with van der Waals surface area (Å²) in [6.45, 7) is 6.33. The van der Waals surface area contributed by atoms with Gasteiger partial charge >= 0.3 is 0 Å². The Balaban J connectivity index is 1.19. The van der Waals surface area contributed by atoms with Gasteiger partial charge in [0.1, 0.15) is 5.82 Å². The van der Waals surface area contributed by atoms with E-state index in [0.29, 0.717) is 6.04 Å². The summed E-state index contributed by atoms with van der Waals surface area (Å²) in [4.78, 5) is 11.7. The van der Waals surface area contributed by atoms with Crippen molar-refractivity contribution in [2.75, 3.05) is 49.1 Å². The first-order valence-electron chi connectivity index (χ1n) is 8.83. The molecule has 2 aliphatic rings. The molecule has 7 nitrogen and oxygen atoms in total. The molecular formula is C18H21N7. The van der Waals surface area contributed by atoms with Gasteiger partial charge in [-0.15, -0.1) is 10.2 Å². The molecular weight excluding hydrogens is 314 g/mol. The van der Waals surface area contributed by atoms with E-state index in [1.807, 2.05) is 36.7 Å². The van der Waals surface area contributed by atoms with Gasteiger partial charge in [-0.2, -0.15) is 0 Å². The second kappa shape index (κ2) is 6.00. The van der Waals surface area contributed by atoms with Crippen LogP contribution in [0.25, 0.3) is 5.65 Å². The van der Waals surface area contributed by atoms with Crippen molar-refractivity contribution in [1.82, 2.24) is 24.5 Å². The molecule has 5 rings (SSSR count). The van der Waals surface area contributed by atoms with E-state index in [4.69, 9.17) is 0 Å². The fraction of sp³-hybridized carbons (Fsp3) is 0.389. The zero-order chi connectivity index (χ0) is 16.6. The van der Waals surface area contributed by atoms with E-state index >= 15 is 0 Å². The highest BCUT2D eigenvalue weighted by molar-refractivity contribution is 5.48. The van der Waals surface area contributed by atoms with Gasteiger partial charge in [-0.3, -0.25) is 9.30 Å². The van der Waals surface area contributed by atoms with Crippen LogP contribution in [0.5, 0.6) is 0 Å². The molecule has 0 aromatic carbocycles. The first kappa shape index (κ1) is 14.7. The van der Waals surface area contributed by atoms with Gasteiger partial charge in [0.25, 0.3) is 0 Å². The Hall–Kier alpha value is -2.67. The van der Waals surface area contributed by atoms with Gasteiger partial charge in [0.15, 0.2) is 5.65 Å².